The predicted octanol–water partition coefficient (Wildman–Crippen LogP) is 3.73. The van der Waals surface area contributed by atoms with Crippen molar-refractivity contribution in [2.24, 2.45) is 11.8 Å². The van der Waals surface area contributed by atoms with Gasteiger partial charge in [-0.15, -0.1) is 0 Å². The number of benzene rings is 1. The highest BCUT2D eigenvalue weighted by atomic mass is 16.2. The summed E-state index contributed by atoms with van der Waals surface area (Å²) in [6.45, 7) is 6.56. The van der Waals surface area contributed by atoms with E-state index in [1.165, 1.54) is 0 Å². The second-order valence-electron chi connectivity index (χ2n) is 7.28. The number of pyridine rings is 1. The summed E-state index contributed by atoms with van der Waals surface area (Å²) >= 11 is 0. The van der Waals surface area contributed by atoms with E-state index >= 15 is 0 Å². The van der Waals surface area contributed by atoms with Crippen LogP contribution in [0, 0.1) is 11.8 Å². The van der Waals surface area contributed by atoms with Crippen LogP contribution < -0.4 is 5.32 Å². The number of anilines is 1. The topological polar surface area (TPSA) is 62.3 Å². The van der Waals surface area contributed by atoms with Gasteiger partial charge in [0.1, 0.15) is 0 Å². The lowest BCUT2D eigenvalue weighted by molar-refractivity contribution is -0.117. The molecule has 2 unspecified atom stereocenters. The van der Waals surface area contributed by atoms with E-state index < -0.39 is 0 Å². The van der Waals surface area contributed by atoms with E-state index in [-0.39, 0.29) is 23.8 Å². The summed E-state index contributed by atoms with van der Waals surface area (Å²) in [5, 5.41) is 2.93. The van der Waals surface area contributed by atoms with Crippen LogP contribution >= 0.6 is 0 Å². The van der Waals surface area contributed by atoms with Gasteiger partial charge < -0.3 is 10.2 Å². The molecule has 0 saturated heterocycles. The Kier molecular flexibility index (Phi) is 5.35. The van der Waals surface area contributed by atoms with Crippen molar-refractivity contribution in [2.75, 3.05) is 5.32 Å². The Morgan fingerprint density at radius 2 is 2.04 bits per heavy atom. The number of rotatable bonds is 6. The molecule has 1 aliphatic rings. The molecule has 0 radical (unpaired) electrons. The highest BCUT2D eigenvalue weighted by molar-refractivity contribution is 5.98. The molecule has 1 saturated carbocycles. The van der Waals surface area contributed by atoms with E-state index in [2.05, 4.69) is 17.2 Å². The van der Waals surface area contributed by atoms with Crippen LogP contribution in [0.15, 0.2) is 48.8 Å². The third kappa shape index (κ3) is 4.28. The standard InChI is InChI=1S/C21H25N3O2/c1-14(2)24(13-16-6-5-9-22-12-16)21(26)17-7-4-8-18(11-17)23-20(25)19-10-15(19)3/h4-9,11-12,14-15,19H,10,13H2,1-3H3,(H,23,25). The second kappa shape index (κ2) is 7.68. The second-order valence-corrected chi connectivity index (χ2v) is 7.28. The van der Waals surface area contributed by atoms with Gasteiger partial charge in [-0.1, -0.05) is 19.1 Å². The van der Waals surface area contributed by atoms with Crippen LogP contribution in [0.2, 0.25) is 0 Å². The van der Waals surface area contributed by atoms with Crippen LogP contribution in [0.25, 0.3) is 0 Å². The Bertz CT molecular complexity index is 789. The Morgan fingerprint density at radius 1 is 1.27 bits per heavy atom. The smallest absolute Gasteiger partial charge is 0.254 e. The lowest BCUT2D eigenvalue weighted by Crippen LogP contribution is -2.36. The SMILES string of the molecule is CC1CC1C(=O)Nc1cccc(C(=O)N(Cc2cccnc2)C(C)C)c1. The summed E-state index contributed by atoms with van der Waals surface area (Å²) in [6.07, 6.45) is 4.44. The molecule has 5 heteroatoms. The fourth-order valence-electron chi connectivity index (χ4n) is 3.00. The molecule has 0 aliphatic heterocycles. The first-order valence-electron chi connectivity index (χ1n) is 9.06. The Labute approximate surface area is 154 Å². The molecule has 1 aromatic carbocycles. The molecule has 2 atom stereocenters. The van der Waals surface area contributed by atoms with E-state index in [0.717, 1.165) is 12.0 Å². The molecule has 3 rings (SSSR count). The summed E-state index contributed by atoms with van der Waals surface area (Å²) in [4.78, 5) is 31.1. The molecular weight excluding hydrogens is 326 g/mol. The number of carbonyl (C=O) groups is 2. The van der Waals surface area contributed by atoms with Gasteiger partial charge in [-0.3, -0.25) is 14.6 Å². The van der Waals surface area contributed by atoms with E-state index in [1.807, 2.05) is 38.1 Å². The number of aromatic nitrogens is 1. The van der Waals surface area contributed by atoms with Crippen LogP contribution in [0.3, 0.4) is 0 Å². The third-order valence-electron chi connectivity index (χ3n) is 4.78. The van der Waals surface area contributed by atoms with Crippen molar-refractivity contribution in [1.29, 1.82) is 0 Å². The number of nitrogens with one attached hydrogen (secondary N) is 1. The fraction of sp³-hybridized carbons (Fsp3) is 0.381. The monoisotopic (exact) mass is 351 g/mol. The van der Waals surface area contributed by atoms with Crippen molar-refractivity contribution >= 4 is 17.5 Å². The van der Waals surface area contributed by atoms with Crippen LogP contribution in [-0.4, -0.2) is 27.7 Å². The first-order valence-corrected chi connectivity index (χ1v) is 9.06. The van der Waals surface area contributed by atoms with Crippen LogP contribution in [0.5, 0.6) is 0 Å². The molecule has 1 N–H and O–H groups in total. The van der Waals surface area contributed by atoms with Gasteiger partial charge in [0.15, 0.2) is 0 Å². The Balaban J connectivity index is 1.74. The number of amides is 2. The molecular formula is C21H25N3O2. The highest BCUT2D eigenvalue weighted by Gasteiger charge is 2.39. The minimum Gasteiger partial charge on any atom is -0.332 e. The number of nitrogens with zero attached hydrogens (tertiary/aromatic N) is 2. The van der Waals surface area contributed by atoms with Crippen molar-refractivity contribution in [3.63, 3.8) is 0 Å². The van der Waals surface area contributed by atoms with Crippen LogP contribution in [0.1, 0.15) is 43.1 Å². The first kappa shape index (κ1) is 18.1. The Hall–Kier alpha value is -2.69. The summed E-state index contributed by atoms with van der Waals surface area (Å²) < 4.78 is 0. The number of hydrogen-bond acceptors (Lipinski definition) is 3. The lowest BCUT2D eigenvalue weighted by Gasteiger charge is -2.27. The number of carbonyl (C=O) groups excluding carboxylic acids is 2. The van der Waals surface area contributed by atoms with Crippen LogP contribution in [0.4, 0.5) is 5.69 Å². The van der Waals surface area contributed by atoms with E-state index in [1.54, 1.807) is 29.4 Å². The van der Waals surface area contributed by atoms with Crippen LogP contribution in [-0.2, 0) is 11.3 Å². The summed E-state index contributed by atoms with van der Waals surface area (Å²) in [6, 6.07) is 11.1. The van der Waals surface area contributed by atoms with Gasteiger partial charge in [-0.05, 0) is 56.0 Å². The maximum atomic E-state index is 13.0. The Morgan fingerprint density at radius 3 is 2.65 bits per heavy atom. The van der Waals surface area contributed by atoms with Gasteiger partial charge in [-0.25, -0.2) is 0 Å². The quantitative estimate of drug-likeness (QED) is 0.862. The van der Waals surface area contributed by atoms with Crippen molar-refractivity contribution in [1.82, 2.24) is 9.88 Å². The molecule has 26 heavy (non-hydrogen) atoms. The van der Waals surface area contributed by atoms with Gasteiger partial charge in [0.2, 0.25) is 5.91 Å². The molecule has 2 aromatic rings. The van der Waals surface area contributed by atoms with Crippen molar-refractivity contribution in [3.05, 3.63) is 59.9 Å². The van der Waals surface area contributed by atoms with Gasteiger partial charge >= 0.3 is 0 Å². The van der Waals surface area contributed by atoms with Gasteiger partial charge in [-0.2, -0.15) is 0 Å². The summed E-state index contributed by atoms with van der Waals surface area (Å²) in [5.41, 5.74) is 2.23. The molecule has 1 aromatic heterocycles. The van der Waals surface area contributed by atoms with Gasteiger partial charge in [0.05, 0.1) is 0 Å². The van der Waals surface area contributed by atoms with Crippen molar-refractivity contribution in [2.45, 2.75) is 39.8 Å². The average Bonchev–Trinajstić information content (AvgIpc) is 3.37. The maximum Gasteiger partial charge on any atom is 0.254 e. The predicted molar refractivity (Wildman–Crippen MR) is 102 cm³/mol. The minimum absolute atomic E-state index is 0.0400. The first-order chi connectivity index (χ1) is 12.5. The molecule has 5 nitrogen and oxygen atoms in total. The normalized spacial score (nSPS) is 18.5. The largest absolute Gasteiger partial charge is 0.332 e. The molecule has 0 bridgehead atoms. The average molecular weight is 351 g/mol. The molecule has 1 heterocycles. The third-order valence-corrected chi connectivity index (χ3v) is 4.78. The molecule has 0 spiro atoms. The zero-order valence-corrected chi connectivity index (χ0v) is 15.5. The fourth-order valence-corrected chi connectivity index (χ4v) is 3.00. The zero-order chi connectivity index (χ0) is 18.7. The lowest BCUT2D eigenvalue weighted by atomic mass is 10.1. The van der Waals surface area contributed by atoms with Crippen molar-refractivity contribution < 1.29 is 9.59 Å². The molecule has 1 fully saturated rings. The number of hydrogen-bond donors (Lipinski definition) is 1. The minimum atomic E-state index is -0.0558. The zero-order valence-electron chi connectivity index (χ0n) is 15.5. The molecule has 2 amide bonds. The molecule has 1 aliphatic carbocycles. The molecule has 136 valence electrons. The van der Waals surface area contributed by atoms with E-state index in [9.17, 15) is 9.59 Å². The van der Waals surface area contributed by atoms with Gasteiger partial charge in [0.25, 0.3) is 5.91 Å². The highest BCUT2D eigenvalue weighted by Crippen LogP contribution is 2.38. The summed E-state index contributed by atoms with van der Waals surface area (Å²) in [7, 11) is 0. The summed E-state index contributed by atoms with van der Waals surface area (Å²) in [5.74, 6) is 0.542. The van der Waals surface area contributed by atoms with E-state index in [0.29, 0.717) is 23.7 Å². The van der Waals surface area contributed by atoms with Gasteiger partial charge in [0, 0.05) is 42.1 Å². The van der Waals surface area contributed by atoms with E-state index in [4.69, 9.17) is 0 Å². The maximum absolute atomic E-state index is 13.0. The van der Waals surface area contributed by atoms with Crippen molar-refractivity contribution in [3.8, 4) is 0 Å².